The summed E-state index contributed by atoms with van der Waals surface area (Å²) in [4.78, 5) is 23.0. The second kappa shape index (κ2) is 6.31. The monoisotopic (exact) mass is 293 g/mol. The minimum Gasteiger partial charge on any atom is -0.481 e. The highest BCUT2D eigenvalue weighted by Gasteiger charge is 2.50. The number of thioether (sulfide) groups is 1. The molecule has 4 nitrogen and oxygen atoms in total. The van der Waals surface area contributed by atoms with Gasteiger partial charge in [-0.25, -0.2) is 0 Å². The molecule has 0 radical (unpaired) electrons. The van der Waals surface area contributed by atoms with Crippen LogP contribution in [0.15, 0.2) is 30.3 Å². The molecule has 0 saturated heterocycles. The lowest BCUT2D eigenvalue weighted by molar-refractivity contribution is -0.143. The first-order valence-electron chi connectivity index (χ1n) is 6.70. The second-order valence-electron chi connectivity index (χ2n) is 5.24. The van der Waals surface area contributed by atoms with Crippen molar-refractivity contribution in [3.05, 3.63) is 35.9 Å². The Morgan fingerprint density at radius 3 is 2.55 bits per heavy atom. The number of rotatable bonds is 7. The minimum absolute atomic E-state index is 0.0848. The van der Waals surface area contributed by atoms with Crippen LogP contribution < -0.4 is 5.32 Å². The van der Waals surface area contributed by atoms with E-state index < -0.39 is 11.4 Å². The van der Waals surface area contributed by atoms with E-state index in [2.05, 4.69) is 5.32 Å². The van der Waals surface area contributed by atoms with E-state index in [4.69, 9.17) is 5.11 Å². The van der Waals surface area contributed by atoms with Gasteiger partial charge >= 0.3 is 5.97 Å². The van der Waals surface area contributed by atoms with Gasteiger partial charge < -0.3 is 10.4 Å². The van der Waals surface area contributed by atoms with Crippen molar-refractivity contribution in [1.82, 2.24) is 5.32 Å². The highest BCUT2D eigenvalue weighted by molar-refractivity contribution is 7.99. The maximum atomic E-state index is 11.9. The van der Waals surface area contributed by atoms with Gasteiger partial charge in [-0.3, -0.25) is 9.59 Å². The fourth-order valence-electron chi connectivity index (χ4n) is 1.89. The molecule has 108 valence electrons. The topological polar surface area (TPSA) is 66.4 Å². The smallest absolute Gasteiger partial charge is 0.311 e. The molecule has 1 aliphatic carbocycles. The molecule has 0 heterocycles. The number of carbonyl (C=O) groups excluding carboxylic acids is 1. The van der Waals surface area contributed by atoms with Gasteiger partial charge in [0.1, 0.15) is 0 Å². The fraction of sp³-hybridized carbons (Fsp3) is 0.467. The van der Waals surface area contributed by atoms with Crippen LogP contribution >= 0.6 is 11.8 Å². The van der Waals surface area contributed by atoms with Gasteiger partial charge in [0.05, 0.1) is 10.7 Å². The van der Waals surface area contributed by atoms with E-state index in [0.29, 0.717) is 12.8 Å². The summed E-state index contributed by atoms with van der Waals surface area (Å²) >= 11 is 1.56. The van der Waals surface area contributed by atoms with Crippen LogP contribution in [-0.4, -0.2) is 28.8 Å². The molecule has 1 unspecified atom stereocenters. The predicted molar refractivity (Wildman–Crippen MR) is 79.5 cm³/mol. The van der Waals surface area contributed by atoms with Crippen LogP contribution in [-0.2, 0) is 15.3 Å². The van der Waals surface area contributed by atoms with Crippen LogP contribution in [0.2, 0.25) is 0 Å². The highest BCUT2D eigenvalue weighted by Crippen LogP contribution is 2.45. The summed E-state index contributed by atoms with van der Waals surface area (Å²) in [5.41, 5.74) is 0.487. The molecular formula is C15H19NO3S. The Hall–Kier alpha value is -1.49. The molecule has 1 aromatic carbocycles. The molecule has 1 fully saturated rings. The van der Waals surface area contributed by atoms with Gasteiger partial charge in [0, 0.05) is 12.3 Å². The standard InChI is InChI=1S/C15H19NO3S/c1-11(20-9-12-5-3-2-4-6-12)13(17)16-10-15(7-8-15)14(18)19/h2-6,11H,7-10H2,1H3,(H,16,17)(H,18,19). The zero-order valence-electron chi connectivity index (χ0n) is 11.5. The molecule has 1 saturated carbocycles. The minimum atomic E-state index is -0.803. The molecule has 20 heavy (non-hydrogen) atoms. The van der Waals surface area contributed by atoms with Crippen molar-refractivity contribution in [2.24, 2.45) is 5.41 Å². The Balaban J connectivity index is 1.74. The Kier molecular flexibility index (Phi) is 4.70. The van der Waals surface area contributed by atoms with Crippen molar-refractivity contribution in [3.63, 3.8) is 0 Å². The average molecular weight is 293 g/mol. The third-order valence-electron chi connectivity index (χ3n) is 3.62. The summed E-state index contributed by atoms with van der Waals surface area (Å²) in [6.45, 7) is 2.10. The first-order chi connectivity index (χ1) is 9.53. The van der Waals surface area contributed by atoms with Gasteiger partial charge in [-0.15, -0.1) is 11.8 Å². The number of carboxylic acids is 1. The average Bonchev–Trinajstić information content (AvgIpc) is 3.24. The van der Waals surface area contributed by atoms with Gasteiger partial charge in [0.2, 0.25) is 5.91 Å². The maximum absolute atomic E-state index is 11.9. The quantitative estimate of drug-likeness (QED) is 0.809. The molecule has 1 aliphatic rings. The Labute approximate surface area is 123 Å². The van der Waals surface area contributed by atoms with Crippen molar-refractivity contribution in [3.8, 4) is 0 Å². The molecule has 0 aliphatic heterocycles. The van der Waals surface area contributed by atoms with Gasteiger partial charge in [0.25, 0.3) is 0 Å². The lowest BCUT2D eigenvalue weighted by Gasteiger charge is -2.15. The second-order valence-corrected chi connectivity index (χ2v) is 6.57. The lowest BCUT2D eigenvalue weighted by Crippen LogP contribution is -2.38. The third kappa shape index (κ3) is 3.76. The zero-order valence-corrected chi connectivity index (χ0v) is 12.3. The number of nitrogens with one attached hydrogen (secondary N) is 1. The molecule has 0 bridgehead atoms. The largest absolute Gasteiger partial charge is 0.481 e. The summed E-state index contributed by atoms with van der Waals surface area (Å²) in [5.74, 6) is -0.111. The number of carboxylic acid groups (broad SMARTS) is 1. The Morgan fingerprint density at radius 1 is 1.35 bits per heavy atom. The van der Waals surface area contributed by atoms with Gasteiger partial charge in [-0.2, -0.15) is 0 Å². The van der Waals surface area contributed by atoms with Crippen LogP contribution in [0.4, 0.5) is 0 Å². The summed E-state index contributed by atoms with van der Waals surface area (Å²) < 4.78 is 0. The summed E-state index contributed by atoms with van der Waals surface area (Å²) in [5, 5.41) is 11.6. The van der Waals surface area contributed by atoms with Gasteiger partial charge in [-0.05, 0) is 25.3 Å². The Morgan fingerprint density at radius 2 is 2.00 bits per heavy atom. The molecule has 0 spiro atoms. The number of benzene rings is 1. The van der Waals surface area contributed by atoms with E-state index in [1.54, 1.807) is 11.8 Å². The summed E-state index contributed by atoms with van der Waals surface area (Å²) in [6.07, 6.45) is 1.32. The van der Waals surface area contributed by atoms with E-state index in [0.717, 1.165) is 5.75 Å². The first kappa shape index (κ1) is 14.9. The van der Waals surface area contributed by atoms with Crippen molar-refractivity contribution in [2.45, 2.75) is 30.8 Å². The number of aliphatic carboxylic acids is 1. The van der Waals surface area contributed by atoms with Crippen molar-refractivity contribution >= 4 is 23.6 Å². The van der Waals surface area contributed by atoms with Gasteiger partial charge in [-0.1, -0.05) is 30.3 Å². The SMILES string of the molecule is CC(SCc1ccccc1)C(=O)NCC1(C(=O)O)CC1. The van der Waals surface area contributed by atoms with Crippen molar-refractivity contribution in [1.29, 1.82) is 0 Å². The van der Waals surface area contributed by atoms with E-state index in [1.165, 1.54) is 5.56 Å². The lowest BCUT2D eigenvalue weighted by atomic mass is 10.1. The van der Waals surface area contributed by atoms with E-state index in [1.807, 2.05) is 37.3 Å². The maximum Gasteiger partial charge on any atom is 0.311 e. The number of amides is 1. The highest BCUT2D eigenvalue weighted by atomic mass is 32.2. The number of carbonyl (C=O) groups is 2. The molecule has 1 aromatic rings. The molecule has 1 amide bonds. The fourth-order valence-corrected chi connectivity index (χ4v) is 2.76. The molecule has 1 atom stereocenters. The zero-order chi connectivity index (χ0) is 14.6. The van der Waals surface area contributed by atoms with Crippen molar-refractivity contribution < 1.29 is 14.7 Å². The number of hydrogen-bond acceptors (Lipinski definition) is 3. The molecule has 2 rings (SSSR count). The molecule has 2 N–H and O–H groups in total. The van der Waals surface area contributed by atoms with Crippen molar-refractivity contribution in [2.75, 3.05) is 6.54 Å². The van der Waals surface area contributed by atoms with E-state index >= 15 is 0 Å². The molecular weight excluding hydrogens is 274 g/mol. The van der Waals surface area contributed by atoms with Gasteiger partial charge in [0.15, 0.2) is 0 Å². The third-order valence-corrected chi connectivity index (χ3v) is 4.83. The Bertz CT molecular complexity index is 485. The van der Waals surface area contributed by atoms with E-state index in [9.17, 15) is 9.59 Å². The molecule has 0 aromatic heterocycles. The first-order valence-corrected chi connectivity index (χ1v) is 7.75. The van der Waals surface area contributed by atoms with Crippen LogP contribution in [0, 0.1) is 5.41 Å². The summed E-state index contributed by atoms with van der Waals surface area (Å²) in [7, 11) is 0. The van der Waals surface area contributed by atoms with Crippen LogP contribution in [0.5, 0.6) is 0 Å². The van der Waals surface area contributed by atoms with Crippen LogP contribution in [0.3, 0.4) is 0 Å². The summed E-state index contributed by atoms with van der Waals surface area (Å²) in [6, 6.07) is 9.97. The van der Waals surface area contributed by atoms with Crippen LogP contribution in [0.25, 0.3) is 0 Å². The molecule has 5 heteroatoms. The van der Waals surface area contributed by atoms with E-state index in [-0.39, 0.29) is 17.7 Å². The normalized spacial score (nSPS) is 17.2. The van der Waals surface area contributed by atoms with Crippen LogP contribution in [0.1, 0.15) is 25.3 Å². The number of hydrogen-bond donors (Lipinski definition) is 2. The predicted octanol–water partition coefficient (Wildman–Crippen LogP) is 2.29.